The number of para-hydroxylation sites is 3. The summed E-state index contributed by atoms with van der Waals surface area (Å²) in [6.07, 6.45) is 14.9. The van der Waals surface area contributed by atoms with Gasteiger partial charge in [-0.05, 0) is 112 Å². The van der Waals surface area contributed by atoms with E-state index in [9.17, 15) is 43.2 Å². The Kier molecular flexibility index (Phi) is 25.9. The van der Waals surface area contributed by atoms with Gasteiger partial charge in [0.25, 0.3) is 34.4 Å². The molecule has 8 aromatic heterocycles. The van der Waals surface area contributed by atoms with Crippen molar-refractivity contribution in [3.63, 3.8) is 0 Å². The van der Waals surface area contributed by atoms with Crippen molar-refractivity contribution in [3.05, 3.63) is 247 Å². The number of carbonyl (C=O) groups excluding carboxylic acids is 6. The first-order valence-electron chi connectivity index (χ1n) is 35.4. The zero-order valence-electron chi connectivity index (χ0n) is 58.6. The van der Waals surface area contributed by atoms with Crippen molar-refractivity contribution >= 4 is 85.4 Å². The largest absolute Gasteiger partial charge is 0.472 e. The van der Waals surface area contributed by atoms with E-state index in [1.54, 1.807) is 112 Å². The highest BCUT2D eigenvalue weighted by atomic mass is 16.5. The Morgan fingerprint density at radius 1 is 0.407 bits per heavy atom. The maximum absolute atomic E-state index is 13.8. The van der Waals surface area contributed by atoms with Crippen LogP contribution in [0.2, 0.25) is 0 Å². The average Bonchev–Trinajstić information content (AvgIpc) is 0.908. The smallest absolute Gasteiger partial charge is 0.345 e. The van der Waals surface area contributed by atoms with Gasteiger partial charge in [0.2, 0.25) is 0 Å². The number of piperazine rings is 3. The van der Waals surface area contributed by atoms with Gasteiger partial charge in [0.1, 0.15) is 16.7 Å². The van der Waals surface area contributed by atoms with Gasteiger partial charge in [0, 0.05) is 119 Å². The molecule has 15 rings (SSSR count). The Bertz CT molecular complexity index is 5100. The zero-order chi connectivity index (χ0) is 73.1. The molecule has 3 saturated heterocycles. The Labute approximate surface area is 624 Å². The van der Waals surface area contributed by atoms with Crippen molar-refractivity contribution < 1.29 is 60.6 Å². The third-order valence-electron chi connectivity index (χ3n) is 19.4. The number of fused-ring (bicyclic) bond motifs is 3. The predicted octanol–water partition coefficient (Wildman–Crippen LogP) is 12.3. The first kappa shape index (κ1) is 78.4. The number of nitrogens with zero attached hydrogens (tertiary/aromatic N) is 10. The van der Waals surface area contributed by atoms with Crippen molar-refractivity contribution in [2.45, 2.75) is 87.9 Å². The minimum absolute atomic E-state index is 0. The number of anilines is 3. The van der Waals surface area contributed by atoms with Crippen LogP contribution in [0, 0.1) is 0 Å². The summed E-state index contributed by atoms with van der Waals surface area (Å²) in [5.41, 5.74) is 4.65. The number of carbonyl (C=O) groups is 6. The lowest BCUT2D eigenvalue weighted by Crippen LogP contribution is -2.49. The molecule has 4 fully saturated rings. The average molecular weight is 1470 g/mol. The second-order valence-corrected chi connectivity index (χ2v) is 25.5. The molecule has 566 valence electrons. The van der Waals surface area contributed by atoms with Gasteiger partial charge < -0.3 is 75.0 Å². The molecular weight excluding hydrogens is 1380 g/mol. The van der Waals surface area contributed by atoms with Crippen LogP contribution in [0.4, 0.5) is 17.1 Å². The molecule has 4 aliphatic rings. The molecule has 0 radical (unpaired) electrons. The summed E-state index contributed by atoms with van der Waals surface area (Å²) in [7, 11) is 0. The third kappa shape index (κ3) is 16.3. The fraction of sp³-hybridized carbons (Fsp3) is 0.341. The highest BCUT2D eigenvalue weighted by molar-refractivity contribution is 6.08. The molecule has 3 amide bonds. The number of furan rings is 4. The van der Waals surface area contributed by atoms with Crippen LogP contribution < -0.4 is 31.4 Å². The highest BCUT2D eigenvalue weighted by Crippen LogP contribution is 2.38. The number of rotatable bonds is 17. The van der Waals surface area contributed by atoms with Crippen molar-refractivity contribution in [2.24, 2.45) is 0 Å². The summed E-state index contributed by atoms with van der Waals surface area (Å²) < 4.78 is 42.0. The standard InChI is InChI=1S/C27H26N4O5.C26H25N3O6.C26H29N3O5.3CH4/c1-2-35-27(34)23-24(29-13-15-30(16-14-29)25(32)22-8-5-17-36-22)20-6-3-4-7-21(20)31(26(23)33)18-19-9-11-28-12-10-19;1-2-34-26(32)22-23(27-10-12-28(13-11-27)24(30)21-8-5-14-35-21)19-6-3-4-7-20(19)29(25(22)31)16-18-9-15-33-17-18;1-2-33-26(32)22-23(27-13-15-28(16-14-27)24(30)21-12-7-17-34-21)19-10-5-6-11-20(19)29(25(22)31)18-8-3-4-9-18;;;/h3-12,17H,2,13-16,18H2,1H3;3-9,14-15,17H,2,10-13,16H2,1H3;5-7,10-12,17-18H,2-4,8-9,13-16H2,1H3;3*1H4. The molecule has 108 heavy (non-hydrogen) atoms. The Balaban J connectivity index is 0.000000171. The highest BCUT2D eigenvalue weighted by Gasteiger charge is 2.36. The molecule has 11 aromatic rings. The topological polar surface area (TPSA) is 281 Å². The summed E-state index contributed by atoms with van der Waals surface area (Å²) >= 11 is 0. The molecule has 3 aromatic carbocycles. The summed E-state index contributed by atoms with van der Waals surface area (Å²) in [6, 6.07) is 38.4. The Morgan fingerprint density at radius 2 is 0.759 bits per heavy atom. The van der Waals surface area contributed by atoms with Crippen LogP contribution >= 0.6 is 0 Å². The van der Waals surface area contributed by atoms with Gasteiger partial charge >= 0.3 is 17.9 Å². The lowest BCUT2D eigenvalue weighted by atomic mass is 10.0. The normalized spacial score (nSPS) is 14.4. The second-order valence-electron chi connectivity index (χ2n) is 25.5. The molecule has 1 aliphatic carbocycles. The molecule has 26 heteroatoms. The van der Waals surface area contributed by atoms with E-state index < -0.39 is 29.0 Å². The van der Waals surface area contributed by atoms with Crippen molar-refractivity contribution in [2.75, 3.05) is 113 Å². The zero-order valence-corrected chi connectivity index (χ0v) is 58.6. The van der Waals surface area contributed by atoms with Crippen molar-refractivity contribution in [1.82, 2.24) is 33.4 Å². The summed E-state index contributed by atoms with van der Waals surface area (Å²) in [5, 5.41) is 2.41. The minimum Gasteiger partial charge on any atom is -0.472 e. The van der Waals surface area contributed by atoms with Crippen LogP contribution in [0.1, 0.15) is 149 Å². The first-order chi connectivity index (χ1) is 51.3. The van der Waals surface area contributed by atoms with Crippen LogP contribution in [-0.4, -0.2) is 167 Å². The number of ether oxygens (including phenoxy) is 3. The molecule has 0 atom stereocenters. The van der Waals surface area contributed by atoms with Crippen LogP contribution in [-0.2, 0) is 27.3 Å². The van der Waals surface area contributed by atoms with Gasteiger partial charge in [0.05, 0.1) is 97.8 Å². The van der Waals surface area contributed by atoms with Gasteiger partial charge in [-0.2, -0.15) is 0 Å². The maximum atomic E-state index is 13.8. The second kappa shape index (κ2) is 35.7. The molecule has 26 nitrogen and oxygen atoms in total. The quantitative estimate of drug-likeness (QED) is 0.0605. The van der Waals surface area contributed by atoms with Gasteiger partial charge in [0.15, 0.2) is 17.3 Å². The molecule has 3 aliphatic heterocycles. The maximum Gasteiger partial charge on any atom is 0.345 e. The number of amides is 3. The van der Waals surface area contributed by atoms with E-state index in [2.05, 4.69) is 4.98 Å². The monoisotopic (exact) mass is 1470 g/mol. The lowest BCUT2D eigenvalue weighted by Gasteiger charge is -2.37. The van der Waals surface area contributed by atoms with E-state index in [1.165, 1.54) is 18.8 Å². The Morgan fingerprint density at radius 3 is 1.11 bits per heavy atom. The minimum atomic E-state index is -0.659. The van der Waals surface area contributed by atoms with Crippen molar-refractivity contribution in [3.8, 4) is 0 Å². The molecule has 0 spiro atoms. The summed E-state index contributed by atoms with van der Waals surface area (Å²) in [4.78, 5) is 134. The molecule has 0 N–H and O–H groups in total. The Hall–Kier alpha value is -12.2. The fourth-order valence-corrected chi connectivity index (χ4v) is 14.4. The SMILES string of the molecule is C.C.C.CCOC(=O)c1c(N2CCN(C(=O)c3ccco3)CC2)c2ccccc2n(C2CCCC2)c1=O.CCOC(=O)c1c(N2CCN(C(=O)c3ccco3)CC2)c2ccccc2n(Cc2ccncc2)c1=O.CCOC(=O)c1c(N2CCN(C(=O)c3ccco3)CC2)c2ccccc2n(Cc2ccoc2)c1=O. The van der Waals surface area contributed by atoms with Gasteiger partial charge in [-0.3, -0.25) is 33.8 Å². The van der Waals surface area contributed by atoms with E-state index in [4.69, 9.17) is 31.9 Å². The lowest BCUT2D eigenvalue weighted by molar-refractivity contribution is 0.0514. The third-order valence-corrected chi connectivity index (χ3v) is 19.4. The van der Waals surface area contributed by atoms with E-state index >= 15 is 0 Å². The molecule has 0 bridgehead atoms. The van der Waals surface area contributed by atoms with E-state index in [-0.39, 0.29) is 100 Å². The predicted molar refractivity (Wildman–Crippen MR) is 412 cm³/mol. The number of aromatic nitrogens is 4. The number of pyridine rings is 4. The number of hydrogen-bond acceptors (Lipinski definition) is 20. The molecule has 11 heterocycles. The summed E-state index contributed by atoms with van der Waals surface area (Å²) in [5.74, 6) is -1.52. The van der Waals surface area contributed by atoms with E-state index in [0.717, 1.165) is 64.0 Å². The molecule has 1 saturated carbocycles. The first-order valence-corrected chi connectivity index (χ1v) is 35.4. The van der Waals surface area contributed by atoms with E-state index in [0.29, 0.717) is 119 Å². The summed E-state index contributed by atoms with van der Waals surface area (Å²) in [6.45, 7) is 11.6. The van der Waals surface area contributed by atoms with Crippen LogP contribution in [0.5, 0.6) is 0 Å². The number of hydrogen-bond donors (Lipinski definition) is 0. The number of benzene rings is 3. The van der Waals surface area contributed by atoms with Crippen molar-refractivity contribution in [1.29, 1.82) is 0 Å². The van der Waals surface area contributed by atoms with Crippen LogP contribution in [0.3, 0.4) is 0 Å². The van der Waals surface area contributed by atoms with Gasteiger partial charge in [-0.1, -0.05) is 89.7 Å². The molecular formula is C82H92N10O16. The van der Waals surface area contributed by atoms with E-state index in [1.807, 2.05) is 104 Å². The van der Waals surface area contributed by atoms with Gasteiger partial charge in [-0.25, -0.2) is 14.4 Å². The molecule has 0 unspecified atom stereocenters. The van der Waals surface area contributed by atoms with Crippen LogP contribution in [0.15, 0.2) is 203 Å². The van der Waals surface area contributed by atoms with Gasteiger partial charge in [-0.15, -0.1) is 0 Å². The fourth-order valence-electron chi connectivity index (χ4n) is 14.4. The van der Waals surface area contributed by atoms with Crippen LogP contribution in [0.25, 0.3) is 32.7 Å². The number of esters is 3.